The molecule has 0 aliphatic heterocycles. The molecule has 1 heterocycles. The largest absolute Gasteiger partial charge is 0.465 e. The fourth-order valence-electron chi connectivity index (χ4n) is 0.957. The van der Waals surface area contributed by atoms with Gasteiger partial charge in [0.15, 0.2) is 0 Å². The summed E-state index contributed by atoms with van der Waals surface area (Å²) in [6.45, 7) is 2.03. The number of ether oxygens (including phenoxy) is 1. The second kappa shape index (κ2) is 9.33. The van der Waals surface area contributed by atoms with Crippen molar-refractivity contribution in [1.82, 2.24) is 4.98 Å². The Morgan fingerprint density at radius 1 is 1.35 bits per heavy atom. The summed E-state index contributed by atoms with van der Waals surface area (Å²) < 4.78 is 4.47. The SMILES string of the molecule is CCCCC(N)=O.COC(=O)c1ccncc1. The number of amides is 1. The molecule has 0 radical (unpaired) electrons. The van der Waals surface area contributed by atoms with Gasteiger partial charge < -0.3 is 10.5 Å². The number of rotatable bonds is 4. The molecule has 0 aliphatic rings. The molecule has 1 aromatic rings. The Kier molecular flexibility index (Phi) is 8.28. The Hall–Kier alpha value is -1.91. The highest BCUT2D eigenvalue weighted by molar-refractivity contribution is 5.88. The second-order valence-corrected chi connectivity index (χ2v) is 3.30. The summed E-state index contributed by atoms with van der Waals surface area (Å²) in [5.74, 6) is -0.524. The molecule has 0 unspecified atom stereocenters. The zero-order chi connectivity index (χ0) is 13.1. The van der Waals surface area contributed by atoms with Crippen molar-refractivity contribution in [2.75, 3.05) is 7.11 Å². The van der Waals surface area contributed by atoms with Crippen LogP contribution in [0, 0.1) is 0 Å². The van der Waals surface area contributed by atoms with Gasteiger partial charge in [-0.25, -0.2) is 4.79 Å². The maximum absolute atomic E-state index is 10.8. The van der Waals surface area contributed by atoms with E-state index < -0.39 is 0 Å². The van der Waals surface area contributed by atoms with Gasteiger partial charge in [0, 0.05) is 18.8 Å². The molecule has 5 nitrogen and oxygen atoms in total. The van der Waals surface area contributed by atoms with Gasteiger partial charge in [-0.3, -0.25) is 9.78 Å². The Morgan fingerprint density at radius 2 is 1.94 bits per heavy atom. The lowest BCUT2D eigenvalue weighted by Crippen LogP contribution is -2.09. The van der Waals surface area contributed by atoms with Gasteiger partial charge in [-0.05, 0) is 18.6 Å². The van der Waals surface area contributed by atoms with Crippen LogP contribution in [0.15, 0.2) is 24.5 Å². The second-order valence-electron chi connectivity index (χ2n) is 3.30. The third-order valence-electron chi connectivity index (χ3n) is 1.88. The quantitative estimate of drug-likeness (QED) is 0.806. The molecule has 94 valence electrons. The fourth-order valence-corrected chi connectivity index (χ4v) is 0.957. The maximum atomic E-state index is 10.8. The van der Waals surface area contributed by atoms with Crippen LogP contribution in [0.25, 0.3) is 0 Å². The summed E-state index contributed by atoms with van der Waals surface area (Å²) in [5, 5.41) is 0. The molecule has 1 amide bonds. The van der Waals surface area contributed by atoms with Gasteiger partial charge in [0.1, 0.15) is 0 Å². The van der Waals surface area contributed by atoms with Crippen molar-refractivity contribution in [2.24, 2.45) is 5.73 Å². The Morgan fingerprint density at radius 3 is 2.29 bits per heavy atom. The van der Waals surface area contributed by atoms with E-state index in [1.165, 1.54) is 7.11 Å². The molecular formula is C12H18N2O3. The number of pyridine rings is 1. The van der Waals surface area contributed by atoms with Crippen LogP contribution in [-0.2, 0) is 9.53 Å². The molecule has 1 aromatic heterocycles. The average molecular weight is 238 g/mol. The first-order chi connectivity index (χ1) is 8.11. The van der Waals surface area contributed by atoms with Crippen molar-refractivity contribution in [3.8, 4) is 0 Å². The molecule has 0 aromatic carbocycles. The number of carbonyl (C=O) groups excluding carboxylic acids is 2. The molecular weight excluding hydrogens is 220 g/mol. The zero-order valence-corrected chi connectivity index (χ0v) is 10.2. The Labute approximate surface area is 101 Å². The molecule has 0 aliphatic carbocycles. The molecule has 0 bridgehead atoms. The highest BCUT2D eigenvalue weighted by atomic mass is 16.5. The minimum atomic E-state index is -0.331. The fraction of sp³-hybridized carbons (Fsp3) is 0.417. The topological polar surface area (TPSA) is 82.3 Å². The highest BCUT2D eigenvalue weighted by Gasteiger charge is 2.01. The number of unbranched alkanes of at least 4 members (excludes halogenated alkanes) is 1. The summed E-state index contributed by atoms with van der Waals surface area (Å²) in [5.41, 5.74) is 5.37. The van der Waals surface area contributed by atoms with E-state index in [4.69, 9.17) is 5.73 Å². The van der Waals surface area contributed by atoms with Crippen LogP contribution in [0.3, 0.4) is 0 Å². The van der Waals surface area contributed by atoms with Crippen molar-refractivity contribution >= 4 is 11.9 Å². The number of nitrogens with zero attached hydrogens (tertiary/aromatic N) is 1. The van der Waals surface area contributed by atoms with Crippen LogP contribution in [0.4, 0.5) is 0 Å². The van der Waals surface area contributed by atoms with Gasteiger partial charge in [0.2, 0.25) is 5.91 Å². The average Bonchev–Trinajstić information content (AvgIpc) is 2.37. The third-order valence-corrected chi connectivity index (χ3v) is 1.88. The summed E-state index contributed by atoms with van der Waals surface area (Å²) in [6.07, 6.45) is 5.60. The molecule has 0 spiro atoms. The number of methoxy groups -OCH3 is 1. The summed E-state index contributed by atoms with van der Waals surface area (Å²) in [7, 11) is 1.35. The van der Waals surface area contributed by atoms with Crippen molar-refractivity contribution < 1.29 is 14.3 Å². The van der Waals surface area contributed by atoms with Crippen molar-refractivity contribution in [3.63, 3.8) is 0 Å². The molecule has 0 atom stereocenters. The van der Waals surface area contributed by atoms with Crippen LogP contribution in [0.1, 0.15) is 36.5 Å². The van der Waals surface area contributed by atoms with E-state index in [1.54, 1.807) is 24.5 Å². The summed E-state index contributed by atoms with van der Waals surface area (Å²) in [4.78, 5) is 24.5. The van der Waals surface area contributed by atoms with E-state index in [0.29, 0.717) is 12.0 Å². The van der Waals surface area contributed by atoms with Gasteiger partial charge in [-0.2, -0.15) is 0 Å². The van der Waals surface area contributed by atoms with Gasteiger partial charge in [-0.1, -0.05) is 13.3 Å². The Balaban J connectivity index is 0.000000325. The van der Waals surface area contributed by atoms with Gasteiger partial charge in [-0.15, -0.1) is 0 Å². The van der Waals surface area contributed by atoms with Crippen molar-refractivity contribution in [1.29, 1.82) is 0 Å². The van der Waals surface area contributed by atoms with Gasteiger partial charge in [0.05, 0.1) is 12.7 Å². The van der Waals surface area contributed by atoms with E-state index in [2.05, 4.69) is 9.72 Å². The zero-order valence-electron chi connectivity index (χ0n) is 10.2. The van der Waals surface area contributed by atoms with Crippen LogP contribution in [0.2, 0.25) is 0 Å². The Bertz CT molecular complexity index is 339. The molecule has 17 heavy (non-hydrogen) atoms. The molecule has 1 rings (SSSR count). The van der Waals surface area contributed by atoms with E-state index in [9.17, 15) is 9.59 Å². The van der Waals surface area contributed by atoms with Crippen molar-refractivity contribution in [2.45, 2.75) is 26.2 Å². The minimum absolute atomic E-state index is 0.193. The lowest BCUT2D eigenvalue weighted by atomic mass is 10.2. The first-order valence-electron chi connectivity index (χ1n) is 5.38. The molecule has 0 saturated heterocycles. The number of esters is 1. The third kappa shape index (κ3) is 7.96. The molecule has 5 heteroatoms. The number of aromatic nitrogens is 1. The van der Waals surface area contributed by atoms with E-state index in [1.807, 2.05) is 6.92 Å². The van der Waals surface area contributed by atoms with Gasteiger partial charge in [0.25, 0.3) is 0 Å². The lowest BCUT2D eigenvalue weighted by molar-refractivity contribution is -0.118. The molecule has 0 fully saturated rings. The number of hydrogen-bond acceptors (Lipinski definition) is 4. The number of nitrogens with two attached hydrogens (primary N) is 1. The first-order valence-corrected chi connectivity index (χ1v) is 5.38. The van der Waals surface area contributed by atoms with E-state index in [0.717, 1.165) is 12.8 Å². The summed E-state index contributed by atoms with van der Waals surface area (Å²) >= 11 is 0. The predicted molar refractivity (Wildman–Crippen MR) is 64.3 cm³/mol. The van der Waals surface area contributed by atoms with Crippen LogP contribution in [0.5, 0.6) is 0 Å². The first kappa shape index (κ1) is 15.1. The van der Waals surface area contributed by atoms with Crippen molar-refractivity contribution in [3.05, 3.63) is 30.1 Å². The number of primary amides is 1. The standard InChI is InChI=1S/C7H7NO2.C5H11NO/c1-10-7(9)6-2-4-8-5-3-6;1-2-3-4-5(6)7/h2-5H,1H3;2-4H2,1H3,(H2,6,7). The smallest absolute Gasteiger partial charge is 0.337 e. The van der Waals surface area contributed by atoms with Crippen LogP contribution >= 0.6 is 0 Å². The van der Waals surface area contributed by atoms with Gasteiger partial charge >= 0.3 is 5.97 Å². The van der Waals surface area contributed by atoms with Crippen LogP contribution in [-0.4, -0.2) is 24.0 Å². The lowest BCUT2D eigenvalue weighted by Gasteiger charge is -1.95. The predicted octanol–water partition coefficient (Wildman–Crippen LogP) is 1.53. The number of hydrogen-bond donors (Lipinski definition) is 1. The van der Waals surface area contributed by atoms with E-state index in [-0.39, 0.29) is 11.9 Å². The normalized spacial score (nSPS) is 8.82. The highest BCUT2D eigenvalue weighted by Crippen LogP contribution is 1.96. The molecule has 2 N–H and O–H groups in total. The maximum Gasteiger partial charge on any atom is 0.337 e. The minimum Gasteiger partial charge on any atom is -0.465 e. The summed E-state index contributed by atoms with van der Waals surface area (Å²) in [6, 6.07) is 3.21. The van der Waals surface area contributed by atoms with Crippen LogP contribution < -0.4 is 5.73 Å². The number of carbonyl (C=O) groups is 2. The monoisotopic (exact) mass is 238 g/mol. The van der Waals surface area contributed by atoms with E-state index >= 15 is 0 Å². The molecule has 0 saturated carbocycles.